The quantitative estimate of drug-likeness (QED) is 0.753. The zero-order valence-electron chi connectivity index (χ0n) is 10.6. The molecule has 1 amide bonds. The van der Waals surface area contributed by atoms with E-state index in [1.807, 2.05) is 19.0 Å². The van der Waals surface area contributed by atoms with Gasteiger partial charge in [0, 0.05) is 25.6 Å². The van der Waals surface area contributed by atoms with Gasteiger partial charge in [-0.25, -0.2) is 0 Å². The molecule has 0 aromatic rings. The summed E-state index contributed by atoms with van der Waals surface area (Å²) in [4.78, 5) is 16.1. The summed E-state index contributed by atoms with van der Waals surface area (Å²) in [6.07, 6.45) is 2.89. The summed E-state index contributed by atoms with van der Waals surface area (Å²) < 4.78 is 0. The maximum Gasteiger partial charge on any atom is 0.222 e. The average Bonchev–Trinajstić information content (AvgIpc) is 2.61. The minimum Gasteiger partial charge on any atom is -0.393 e. The largest absolute Gasteiger partial charge is 0.393 e. The van der Waals surface area contributed by atoms with E-state index in [-0.39, 0.29) is 12.0 Å². The van der Waals surface area contributed by atoms with Crippen molar-refractivity contribution in [3.63, 3.8) is 0 Å². The van der Waals surface area contributed by atoms with Crippen LogP contribution in [0.3, 0.4) is 0 Å². The molecule has 2 atom stereocenters. The number of nitrogens with zero attached hydrogens (tertiary/aromatic N) is 2. The summed E-state index contributed by atoms with van der Waals surface area (Å²) >= 11 is 0. The molecule has 94 valence electrons. The first-order valence-corrected chi connectivity index (χ1v) is 6.13. The van der Waals surface area contributed by atoms with Crippen molar-refractivity contribution in [2.45, 2.75) is 44.8 Å². The lowest BCUT2D eigenvalue weighted by atomic mass is 10.1. The highest BCUT2D eigenvalue weighted by Gasteiger charge is 2.28. The van der Waals surface area contributed by atoms with Crippen molar-refractivity contribution in [2.24, 2.45) is 0 Å². The molecule has 0 aromatic carbocycles. The van der Waals surface area contributed by atoms with Crippen molar-refractivity contribution in [3.05, 3.63) is 0 Å². The molecular formula is C12H24N2O2. The van der Waals surface area contributed by atoms with Gasteiger partial charge >= 0.3 is 0 Å². The molecule has 0 radical (unpaired) electrons. The minimum atomic E-state index is -0.376. The molecule has 0 saturated carbocycles. The summed E-state index contributed by atoms with van der Waals surface area (Å²) in [6.45, 7) is 3.56. The monoisotopic (exact) mass is 228 g/mol. The molecule has 4 nitrogen and oxygen atoms in total. The number of hydrogen-bond donors (Lipinski definition) is 1. The second kappa shape index (κ2) is 6.21. The lowest BCUT2D eigenvalue weighted by Gasteiger charge is -2.27. The molecule has 16 heavy (non-hydrogen) atoms. The number of aliphatic hydroxyl groups is 1. The van der Waals surface area contributed by atoms with Crippen LogP contribution in [0, 0.1) is 0 Å². The van der Waals surface area contributed by atoms with Crippen molar-refractivity contribution >= 4 is 5.91 Å². The van der Waals surface area contributed by atoms with Gasteiger partial charge in [0.2, 0.25) is 5.91 Å². The lowest BCUT2D eigenvalue weighted by molar-refractivity contribution is -0.132. The molecule has 0 aromatic heterocycles. The summed E-state index contributed by atoms with van der Waals surface area (Å²) in [5.74, 6) is 0.199. The van der Waals surface area contributed by atoms with Crippen LogP contribution in [-0.4, -0.2) is 60.1 Å². The van der Waals surface area contributed by atoms with E-state index >= 15 is 0 Å². The summed E-state index contributed by atoms with van der Waals surface area (Å²) in [7, 11) is 4.08. The number of amides is 1. The number of rotatable bonds is 5. The minimum absolute atomic E-state index is 0.199. The molecule has 4 heteroatoms. The summed E-state index contributed by atoms with van der Waals surface area (Å²) in [6, 6.07) is 0.372. The van der Waals surface area contributed by atoms with E-state index in [0.29, 0.717) is 18.9 Å². The predicted octanol–water partition coefficient (Wildman–Crippen LogP) is 0.700. The van der Waals surface area contributed by atoms with Crippen LogP contribution in [0.2, 0.25) is 0 Å². The third-order valence-electron chi connectivity index (χ3n) is 3.05. The molecule has 1 rings (SSSR count). The van der Waals surface area contributed by atoms with E-state index in [4.69, 9.17) is 0 Å². The third kappa shape index (κ3) is 4.10. The Labute approximate surface area is 98.2 Å². The normalized spacial score (nSPS) is 22.8. The molecule has 1 saturated heterocycles. The Balaban J connectivity index is 2.41. The second-order valence-corrected chi connectivity index (χ2v) is 5.03. The summed E-state index contributed by atoms with van der Waals surface area (Å²) in [5.41, 5.74) is 0. The molecule has 0 spiro atoms. The van der Waals surface area contributed by atoms with Gasteiger partial charge in [0.1, 0.15) is 0 Å². The van der Waals surface area contributed by atoms with Gasteiger partial charge in [-0.2, -0.15) is 0 Å². The molecule has 1 heterocycles. The number of hydrogen-bond acceptors (Lipinski definition) is 3. The van der Waals surface area contributed by atoms with Gasteiger partial charge < -0.3 is 14.9 Å². The Bertz CT molecular complexity index is 229. The maximum atomic E-state index is 11.9. The van der Waals surface area contributed by atoms with Gasteiger partial charge in [0.05, 0.1) is 6.10 Å². The van der Waals surface area contributed by atoms with Gasteiger partial charge in [-0.05, 0) is 40.3 Å². The van der Waals surface area contributed by atoms with Crippen molar-refractivity contribution < 1.29 is 9.90 Å². The smallest absolute Gasteiger partial charge is 0.222 e. The van der Waals surface area contributed by atoms with Crippen LogP contribution >= 0.6 is 0 Å². The number of aliphatic hydroxyl groups excluding tert-OH is 1. The maximum absolute atomic E-state index is 11.9. The molecule has 0 aliphatic carbocycles. The van der Waals surface area contributed by atoms with Crippen LogP contribution < -0.4 is 0 Å². The Morgan fingerprint density at radius 2 is 2.25 bits per heavy atom. The number of likely N-dealkylation sites (tertiary alicyclic amines) is 1. The van der Waals surface area contributed by atoms with Crippen LogP contribution in [-0.2, 0) is 4.79 Å². The predicted molar refractivity (Wildman–Crippen MR) is 64.2 cm³/mol. The van der Waals surface area contributed by atoms with Gasteiger partial charge in [0.15, 0.2) is 0 Å². The number of carbonyl (C=O) groups is 1. The Morgan fingerprint density at radius 3 is 2.81 bits per heavy atom. The molecule has 1 aliphatic heterocycles. The zero-order chi connectivity index (χ0) is 12.1. The van der Waals surface area contributed by atoms with Gasteiger partial charge in [-0.1, -0.05) is 0 Å². The van der Waals surface area contributed by atoms with Crippen LogP contribution in [0.5, 0.6) is 0 Å². The number of likely N-dealkylation sites (N-methyl/N-ethyl adjacent to an activating group) is 1. The Kier molecular flexibility index (Phi) is 5.22. The topological polar surface area (TPSA) is 43.8 Å². The molecule has 1 N–H and O–H groups in total. The van der Waals surface area contributed by atoms with E-state index in [1.165, 1.54) is 0 Å². The third-order valence-corrected chi connectivity index (χ3v) is 3.05. The molecular weight excluding hydrogens is 204 g/mol. The highest BCUT2D eigenvalue weighted by atomic mass is 16.3. The second-order valence-electron chi connectivity index (χ2n) is 5.03. The van der Waals surface area contributed by atoms with Crippen LogP contribution in [0.25, 0.3) is 0 Å². The first kappa shape index (κ1) is 13.5. The van der Waals surface area contributed by atoms with E-state index in [2.05, 4.69) is 4.90 Å². The highest BCUT2D eigenvalue weighted by Crippen LogP contribution is 2.19. The molecule has 1 aliphatic rings. The SMILES string of the molecule is CC(O)CCC(=O)N1CCCC1CN(C)C. The molecule has 2 unspecified atom stereocenters. The van der Waals surface area contributed by atoms with E-state index < -0.39 is 0 Å². The van der Waals surface area contributed by atoms with Gasteiger partial charge in [-0.3, -0.25) is 4.79 Å². The van der Waals surface area contributed by atoms with E-state index in [1.54, 1.807) is 6.92 Å². The van der Waals surface area contributed by atoms with Crippen molar-refractivity contribution in [3.8, 4) is 0 Å². The fraction of sp³-hybridized carbons (Fsp3) is 0.917. The van der Waals surface area contributed by atoms with Crippen LogP contribution in [0.15, 0.2) is 0 Å². The van der Waals surface area contributed by atoms with Gasteiger partial charge in [-0.15, -0.1) is 0 Å². The first-order chi connectivity index (χ1) is 7.50. The van der Waals surface area contributed by atoms with Crippen molar-refractivity contribution in [1.29, 1.82) is 0 Å². The fourth-order valence-electron chi connectivity index (χ4n) is 2.25. The molecule has 1 fully saturated rings. The van der Waals surface area contributed by atoms with E-state index in [0.717, 1.165) is 25.9 Å². The zero-order valence-corrected chi connectivity index (χ0v) is 10.6. The van der Waals surface area contributed by atoms with Gasteiger partial charge in [0.25, 0.3) is 0 Å². The fourth-order valence-corrected chi connectivity index (χ4v) is 2.25. The highest BCUT2D eigenvalue weighted by molar-refractivity contribution is 5.76. The van der Waals surface area contributed by atoms with Crippen molar-refractivity contribution in [1.82, 2.24) is 9.80 Å². The summed E-state index contributed by atoms with van der Waals surface area (Å²) in [5, 5.41) is 9.18. The Hall–Kier alpha value is -0.610. The Morgan fingerprint density at radius 1 is 1.56 bits per heavy atom. The standard InChI is InChI=1S/C12H24N2O2/c1-10(15)6-7-12(16)14-8-4-5-11(14)9-13(2)3/h10-11,15H,4-9H2,1-3H3. The average molecular weight is 228 g/mol. The van der Waals surface area contributed by atoms with Crippen LogP contribution in [0.1, 0.15) is 32.6 Å². The first-order valence-electron chi connectivity index (χ1n) is 6.13. The van der Waals surface area contributed by atoms with Crippen LogP contribution in [0.4, 0.5) is 0 Å². The van der Waals surface area contributed by atoms with E-state index in [9.17, 15) is 9.90 Å². The number of carbonyl (C=O) groups excluding carboxylic acids is 1. The van der Waals surface area contributed by atoms with Crippen molar-refractivity contribution in [2.75, 3.05) is 27.2 Å². The molecule has 0 bridgehead atoms. The lowest BCUT2D eigenvalue weighted by Crippen LogP contribution is -2.41.